The molecule has 1 aromatic rings. The van der Waals surface area contributed by atoms with E-state index in [9.17, 15) is 14.0 Å². The molecule has 18 heavy (non-hydrogen) atoms. The first-order valence-electron chi connectivity index (χ1n) is 5.08. The van der Waals surface area contributed by atoms with Crippen LogP contribution in [0.25, 0.3) is 0 Å². The van der Waals surface area contributed by atoms with Crippen LogP contribution in [0.1, 0.15) is 16.8 Å². The summed E-state index contributed by atoms with van der Waals surface area (Å²) < 4.78 is 22.5. The number of benzene rings is 1. The van der Waals surface area contributed by atoms with Gasteiger partial charge < -0.3 is 9.47 Å². The largest absolute Gasteiger partial charge is 0.494 e. The van der Waals surface area contributed by atoms with Crippen molar-refractivity contribution in [1.82, 2.24) is 0 Å². The van der Waals surface area contributed by atoms with Gasteiger partial charge in [-0.15, -0.1) is 11.6 Å². The minimum Gasteiger partial charge on any atom is -0.494 e. The quantitative estimate of drug-likeness (QED) is 0.469. The first kappa shape index (κ1) is 14.4. The maximum absolute atomic E-state index is 13.4. The van der Waals surface area contributed by atoms with Gasteiger partial charge >= 0.3 is 5.97 Å². The highest BCUT2D eigenvalue weighted by molar-refractivity contribution is 6.34. The number of carbonyl (C=O) groups excluding carboxylic acids is 2. The molecule has 1 unspecified atom stereocenters. The Morgan fingerprint density at radius 2 is 2.06 bits per heavy atom. The standard InChI is InChI=1S/C12H12ClFO4/c1-17-10-4-3-7(5-9(10)14)12(16)8(13)6-11(15)18-2/h3-5,8H,6H2,1-2H3. The zero-order valence-corrected chi connectivity index (χ0v) is 10.7. The molecule has 0 amide bonds. The lowest BCUT2D eigenvalue weighted by atomic mass is 10.1. The monoisotopic (exact) mass is 274 g/mol. The Morgan fingerprint density at radius 3 is 2.56 bits per heavy atom. The lowest BCUT2D eigenvalue weighted by Crippen LogP contribution is -2.19. The van der Waals surface area contributed by atoms with Crippen LogP contribution in [0.3, 0.4) is 0 Å². The number of esters is 1. The number of halogens is 2. The van der Waals surface area contributed by atoms with E-state index in [2.05, 4.69) is 4.74 Å². The van der Waals surface area contributed by atoms with Crippen molar-refractivity contribution in [2.45, 2.75) is 11.8 Å². The van der Waals surface area contributed by atoms with Gasteiger partial charge in [0, 0.05) is 5.56 Å². The third-order valence-corrected chi connectivity index (χ3v) is 2.65. The number of rotatable bonds is 5. The van der Waals surface area contributed by atoms with E-state index in [1.807, 2.05) is 0 Å². The summed E-state index contributed by atoms with van der Waals surface area (Å²) in [4.78, 5) is 22.8. The topological polar surface area (TPSA) is 52.6 Å². The zero-order valence-electron chi connectivity index (χ0n) is 9.91. The predicted octanol–water partition coefficient (Wildman–Crippen LogP) is 2.19. The van der Waals surface area contributed by atoms with E-state index in [-0.39, 0.29) is 17.7 Å². The van der Waals surface area contributed by atoms with Gasteiger partial charge in [0.25, 0.3) is 0 Å². The molecule has 0 heterocycles. The van der Waals surface area contributed by atoms with Crippen LogP contribution < -0.4 is 4.74 Å². The van der Waals surface area contributed by atoms with E-state index in [4.69, 9.17) is 16.3 Å². The van der Waals surface area contributed by atoms with Crippen LogP contribution >= 0.6 is 11.6 Å². The summed E-state index contributed by atoms with van der Waals surface area (Å²) in [6.07, 6.45) is -0.259. The number of alkyl halides is 1. The van der Waals surface area contributed by atoms with E-state index in [1.165, 1.54) is 26.4 Å². The van der Waals surface area contributed by atoms with E-state index in [0.717, 1.165) is 6.07 Å². The predicted molar refractivity (Wildman–Crippen MR) is 63.6 cm³/mol. The van der Waals surface area contributed by atoms with Gasteiger partial charge in [0.05, 0.1) is 20.6 Å². The second-order valence-corrected chi connectivity index (χ2v) is 3.99. The molecular formula is C12H12ClFO4. The highest BCUT2D eigenvalue weighted by Gasteiger charge is 2.22. The minimum atomic E-state index is -1.08. The molecule has 0 spiro atoms. The molecular weight excluding hydrogens is 263 g/mol. The van der Waals surface area contributed by atoms with Crippen molar-refractivity contribution in [2.75, 3.05) is 14.2 Å². The Hall–Kier alpha value is -1.62. The molecule has 4 nitrogen and oxygen atoms in total. The lowest BCUT2D eigenvalue weighted by Gasteiger charge is -2.08. The Bertz CT molecular complexity index is 461. The molecule has 0 N–H and O–H groups in total. The number of ketones is 1. The average Bonchev–Trinajstić information content (AvgIpc) is 2.37. The van der Waals surface area contributed by atoms with Crippen molar-refractivity contribution >= 4 is 23.4 Å². The molecule has 0 bridgehead atoms. The fraction of sp³-hybridized carbons (Fsp3) is 0.333. The lowest BCUT2D eigenvalue weighted by molar-refractivity contribution is -0.140. The van der Waals surface area contributed by atoms with E-state index >= 15 is 0 Å². The summed E-state index contributed by atoms with van der Waals surface area (Å²) in [6, 6.07) is 3.73. The number of Topliss-reactive ketones (excluding diaryl/α,β-unsaturated/α-hetero) is 1. The molecule has 0 saturated carbocycles. The third-order valence-electron chi connectivity index (χ3n) is 2.29. The first-order chi connectivity index (χ1) is 8.49. The maximum atomic E-state index is 13.4. The van der Waals surface area contributed by atoms with Crippen LogP contribution in [0.2, 0.25) is 0 Å². The van der Waals surface area contributed by atoms with Crippen LogP contribution in [-0.4, -0.2) is 31.3 Å². The fourth-order valence-electron chi connectivity index (χ4n) is 1.32. The van der Waals surface area contributed by atoms with Crippen LogP contribution in [0, 0.1) is 5.82 Å². The summed E-state index contributed by atoms with van der Waals surface area (Å²) in [5.74, 6) is -1.77. The molecule has 0 aliphatic rings. The number of hydrogen-bond donors (Lipinski definition) is 0. The fourth-order valence-corrected chi connectivity index (χ4v) is 1.57. The second-order valence-electron chi connectivity index (χ2n) is 3.46. The van der Waals surface area contributed by atoms with Crippen molar-refractivity contribution in [3.05, 3.63) is 29.6 Å². The Labute approximate surface area is 109 Å². The van der Waals surface area contributed by atoms with Gasteiger partial charge in [0.2, 0.25) is 0 Å². The summed E-state index contributed by atoms with van der Waals surface area (Å²) in [6.45, 7) is 0. The Kier molecular flexibility index (Phi) is 5.09. The summed E-state index contributed by atoms with van der Waals surface area (Å²) >= 11 is 5.76. The van der Waals surface area contributed by atoms with Crippen molar-refractivity contribution in [3.63, 3.8) is 0 Å². The smallest absolute Gasteiger partial charge is 0.307 e. The van der Waals surface area contributed by atoms with Crippen molar-refractivity contribution in [2.24, 2.45) is 0 Å². The van der Waals surface area contributed by atoms with Crippen molar-refractivity contribution in [1.29, 1.82) is 0 Å². The van der Waals surface area contributed by atoms with Gasteiger partial charge in [-0.25, -0.2) is 4.39 Å². The summed E-state index contributed by atoms with van der Waals surface area (Å²) in [7, 11) is 2.52. The highest BCUT2D eigenvalue weighted by Crippen LogP contribution is 2.20. The molecule has 0 fully saturated rings. The number of hydrogen-bond acceptors (Lipinski definition) is 4. The normalized spacial score (nSPS) is 11.8. The van der Waals surface area contributed by atoms with Crippen molar-refractivity contribution < 1.29 is 23.5 Å². The molecule has 0 aliphatic carbocycles. The minimum absolute atomic E-state index is 0.0330. The SMILES string of the molecule is COC(=O)CC(Cl)C(=O)c1ccc(OC)c(F)c1. The number of methoxy groups -OCH3 is 2. The van der Waals surface area contributed by atoms with E-state index in [0.29, 0.717) is 0 Å². The molecule has 1 aromatic carbocycles. The Morgan fingerprint density at radius 1 is 1.39 bits per heavy atom. The molecule has 0 aliphatic heterocycles. The van der Waals surface area contributed by atoms with Gasteiger partial charge in [-0.05, 0) is 18.2 Å². The summed E-state index contributed by atoms with van der Waals surface area (Å²) in [5, 5.41) is -1.08. The molecule has 6 heteroatoms. The van der Waals surface area contributed by atoms with Gasteiger partial charge in [-0.3, -0.25) is 9.59 Å². The van der Waals surface area contributed by atoms with Gasteiger partial charge in [-0.1, -0.05) is 0 Å². The first-order valence-corrected chi connectivity index (χ1v) is 5.52. The second kappa shape index (κ2) is 6.35. The van der Waals surface area contributed by atoms with Gasteiger partial charge in [0.15, 0.2) is 17.3 Å². The molecule has 0 aromatic heterocycles. The van der Waals surface area contributed by atoms with Gasteiger partial charge in [0.1, 0.15) is 5.38 Å². The van der Waals surface area contributed by atoms with E-state index in [1.54, 1.807) is 0 Å². The number of carbonyl (C=O) groups is 2. The van der Waals surface area contributed by atoms with E-state index < -0.39 is 22.9 Å². The Balaban J connectivity index is 2.84. The zero-order chi connectivity index (χ0) is 13.7. The average molecular weight is 275 g/mol. The summed E-state index contributed by atoms with van der Waals surface area (Å²) in [5.41, 5.74) is 0.0807. The number of ether oxygens (including phenoxy) is 2. The maximum Gasteiger partial charge on any atom is 0.307 e. The molecule has 0 radical (unpaired) electrons. The molecule has 0 saturated heterocycles. The highest BCUT2D eigenvalue weighted by atomic mass is 35.5. The molecule has 1 atom stereocenters. The van der Waals surface area contributed by atoms with Crippen molar-refractivity contribution in [3.8, 4) is 5.75 Å². The van der Waals surface area contributed by atoms with Crippen LogP contribution in [0.5, 0.6) is 5.75 Å². The van der Waals surface area contributed by atoms with Crippen LogP contribution in [0.15, 0.2) is 18.2 Å². The third kappa shape index (κ3) is 3.43. The van der Waals surface area contributed by atoms with Gasteiger partial charge in [-0.2, -0.15) is 0 Å². The van der Waals surface area contributed by atoms with Crippen LogP contribution in [-0.2, 0) is 9.53 Å². The van der Waals surface area contributed by atoms with Crippen LogP contribution in [0.4, 0.5) is 4.39 Å². The molecule has 1 rings (SSSR count). The molecule has 98 valence electrons.